The third-order valence-electron chi connectivity index (χ3n) is 3.24. The van der Waals surface area contributed by atoms with Crippen LogP contribution in [0.1, 0.15) is 16.7 Å². The molecule has 18 heavy (non-hydrogen) atoms. The number of rotatable bonds is 1. The van der Waals surface area contributed by atoms with E-state index < -0.39 is 0 Å². The number of hydrogen-bond acceptors (Lipinski definition) is 2. The summed E-state index contributed by atoms with van der Waals surface area (Å²) < 4.78 is 11.1. The van der Waals surface area contributed by atoms with Crippen molar-refractivity contribution >= 4 is 5.57 Å². The third-order valence-corrected chi connectivity index (χ3v) is 3.24. The van der Waals surface area contributed by atoms with Crippen LogP contribution in [0.5, 0.6) is 11.5 Å². The standard InChI is InChI=1S/C16H14O2/c1-11-14-6-4-3-5-12(14)10-18-16-8-7-13(17-2)9-15(11)16/h3-9H,1,10H2,2H3. The van der Waals surface area contributed by atoms with Crippen LogP contribution < -0.4 is 9.47 Å². The number of benzene rings is 2. The molecule has 0 N–H and O–H groups in total. The quantitative estimate of drug-likeness (QED) is 0.755. The molecule has 0 aliphatic carbocycles. The normalized spacial score (nSPS) is 13.1. The van der Waals surface area contributed by atoms with E-state index in [1.807, 2.05) is 30.3 Å². The molecule has 0 saturated carbocycles. The minimum Gasteiger partial charge on any atom is -0.497 e. The van der Waals surface area contributed by atoms with E-state index in [4.69, 9.17) is 9.47 Å². The first-order valence-electron chi connectivity index (χ1n) is 5.88. The summed E-state index contributed by atoms with van der Waals surface area (Å²) in [5.74, 6) is 1.68. The highest BCUT2D eigenvalue weighted by atomic mass is 16.5. The molecule has 1 aliphatic rings. The first-order valence-corrected chi connectivity index (χ1v) is 5.88. The zero-order valence-corrected chi connectivity index (χ0v) is 10.3. The number of ether oxygens (including phenoxy) is 2. The number of hydrogen-bond donors (Lipinski definition) is 0. The van der Waals surface area contributed by atoms with E-state index in [1.165, 1.54) is 0 Å². The molecule has 0 aromatic heterocycles. The Bertz CT molecular complexity index is 614. The van der Waals surface area contributed by atoms with Crippen molar-refractivity contribution < 1.29 is 9.47 Å². The molecule has 0 atom stereocenters. The Kier molecular flexibility index (Phi) is 2.56. The minimum atomic E-state index is 0.578. The summed E-state index contributed by atoms with van der Waals surface area (Å²) in [6, 6.07) is 14.0. The Balaban J connectivity index is 2.17. The maximum absolute atomic E-state index is 5.83. The minimum absolute atomic E-state index is 0.578. The van der Waals surface area contributed by atoms with Crippen LogP contribution in [0.25, 0.3) is 5.57 Å². The molecule has 90 valence electrons. The Labute approximate surface area is 106 Å². The van der Waals surface area contributed by atoms with Gasteiger partial charge < -0.3 is 9.47 Å². The molecule has 0 spiro atoms. The molecule has 0 fully saturated rings. The monoisotopic (exact) mass is 238 g/mol. The molecule has 2 nitrogen and oxygen atoms in total. The molecule has 1 aliphatic heterocycles. The first kappa shape index (κ1) is 10.9. The fourth-order valence-electron chi connectivity index (χ4n) is 2.24. The topological polar surface area (TPSA) is 18.5 Å². The second-order valence-electron chi connectivity index (χ2n) is 4.29. The molecule has 0 radical (unpaired) electrons. The van der Waals surface area contributed by atoms with Crippen molar-refractivity contribution in [3.8, 4) is 11.5 Å². The SMILES string of the molecule is C=C1c2ccccc2COc2ccc(OC)cc21. The van der Waals surface area contributed by atoms with Crippen molar-refractivity contribution in [2.24, 2.45) is 0 Å². The molecule has 3 rings (SSSR count). The second kappa shape index (κ2) is 4.22. The summed E-state index contributed by atoms with van der Waals surface area (Å²) in [7, 11) is 1.66. The van der Waals surface area contributed by atoms with Gasteiger partial charge in [0, 0.05) is 5.56 Å². The Morgan fingerprint density at radius 1 is 1.11 bits per heavy atom. The van der Waals surface area contributed by atoms with E-state index in [2.05, 4.69) is 18.7 Å². The Hall–Kier alpha value is -2.22. The maximum Gasteiger partial charge on any atom is 0.127 e. The van der Waals surface area contributed by atoms with Crippen LogP contribution in [0.15, 0.2) is 49.0 Å². The summed E-state index contributed by atoms with van der Waals surface area (Å²) in [6.45, 7) is 4.77. The lowest BCUT2D eigenvalue weighted by Crippen LogP contribution is -1.94. The van der Waals surface area contributed by atoms with Crippen molar-refractivity contribution in [3.05, 3.63) is 65.7 Å². The predicted octanol–water partition coefficient (Wildman–Crippen LogP) is 3.65. The molecule has 0 saturated heterocycles. The Morgan fingerprint density at radius 3 is 2.78 bits per heavy atom. The molecule has 0 bridgehead atoms. The number of methoxy groups -OCH3 is 1. The lowest BCUT2D eigenvalue weighted by molar-refractivity contribution is 0.306. The van der Waals surface area contributed by atoms with Crippen LogP contribution in [0.4, 0.5) is 0 Å². The van der Waals surface area contributed by atoms with Crippen molar-refractivity contribution in [1.29, 1.82) is 0 Å². The fourth-order valence-corrected chi connectivity index (χ4v) is 2.24. The maximum atomic E-state index is 5.83. The van der Waals surface area contributed by atoms with Gasteiger partial charge in [0.2, 0.25) is 0 Å². The van der Waals surface area contributed by atoms with Crippen molar-refractivity contribution in [3.63, 3.8) is 0 Å². The molecule has 2 heteroatoms. The van der Waals surface area contributed by atoms with E-state index in [1.54, 1.807) is 7.11 Å². The first-order chi connectivity index (χ1) is 8.79. The van der Waals surface area contributed by atoms with Crippen LogP contribution in [-0.4, -0.2) is 7.11 Å². The smallest absolute Gasteiger partial charge is 0.127 e. The largest absolute Gasteiger partial charge is 0.497 e. The van der Waals surface area contributed by atoms with Crippen molar-refractivity contribution in [2.45, 2.75) is 6.61 Å². The van der Waals surface area contributed by atoms with Gasteiger partial charge in [-0.3, -0.25) is 0 Å². The van der Waals surface area contributed by atoms with Gasteiger partial charge in [-0.15, -0.1) is 0 Å². The van der Waals surface area contributed by atoms with Crippen molar-refractivity contribution in [1.82, 2.24) is 0 Å². The average Bonchev–Trinajstić information content (AvgIpc) is 2.57. The summed E-state index contributed by atoms with van der Waals surface area (Å²) in [5, 5.41) is 0. The van der Waals surface area contributed by atoms with Gasteiger partial charge in [-0.05, 0) is 34.9 Å². The van der Waals surface area contributed by atoms with E-state index in [0.29, 0.717) is 6.61 Å². The van der Waals surface area contributed by atoms with Crippen LogP contribution in [-0.2, 0) is 6.61 Å². The molecular formula is C16H14O2. The molecular weight excluding hydrogens is 224 g/mol. The van der Waals surface area contributed by atoms with Crippen LogP contribution in [0.3, 0.4) is 0 Å². The molecule has 1 heterocycles. The third kappa shape index (κ3) is 1.66. The van der Waals surface area contributed by atoms with E-state index >= 15 is 0 Å². The van der Waals surface area contributed by atoms with Gasteiger partial charge in [-0.2, -0.15) is 0 Å². The Morgan fingerprint density at radius 2 is 1.94 bits per heavy atom. The summed E-state index contributed by atoms with van der Waals surface area (Å²) in [4.78, 5) is 0. The summed E-state index contributed by atoms with van der Waals surface area (Å²) >= 11 is 0. The highest BCUT2D eigenvalue weighted by molar-refractivity contribution is 5.84. The average molecular weight is 238 g/mol. The lowest BCUT2D eigenvalue weighted by atomic mass is 9.96. The second-order valence-corrected chi connectivity index (χ2v) is 4.29. The van der Waals surface area contributed by atoms with E-state index in [-0.39, 0.29) is 0 Å². The highest BCUT2D eigenvalue weighted by Crippen LogP contribution is 2.37. The van der Waals surface area contributed by atoms with E-state index in [0.717, 1.165) is 33.8 Å². The molecule has 2 aromatic carbocycles. The van der Waals surface area contributed by atoms with Crippen LogP contribution in [0, 0.1) is 0 Å². The predicted molar refractivity (Wildman–Crippen MR) is 71.9 cm³/mol. The molecule has 2 aromatic rings. The van der Waals surface area contributed by atoms with E-state index in [9.17, 15) is 0 Å². The summed E-state index contributed by atoms with van der Waals surface area (Å²) in [6.07, 6.45) is 0. The zero-order chi connectivity index (χ0) is 12.5. The van der Waals surface area contributed by atoms with Gasteiger partial charge in [0.15, 0.2) is 0 Å². The van der Waals surface area contributed by atoms with Gasteiger partial charge in [0.25, 0.3) is 0 Å². The van der Waals surface area contributed by atoms with Gasteiger partial charge in [-0.25, -0.2) is 0 Å². The lowest BCUT2D eigenvalue weighted by Gasteiger charge is -2.10. The molecule has 0 amide bonds. The van der Waals surface area contributed by atoms with Crippen LogP contribution in [0.2, 0.25) is 0 Å². The van der Waals surface area contributed by atoms with Gasteiger partial charge in [0.05, 0.1) is 7.11 Å². The highest BCUT2D eigenvalue weighted by Gasteiger charge is 2.17. The van der Waals surface area contributed by atoms with Gasteiger partial charge in [0.1, 0.15) is 18.1 Å². The fraction of sp³-hybridized carbons (Fsp3) is 0.125. The van der Waals surface area contributed by atoms with Gasteiger partial charge in [-0.1, -0.05) is 30.8 Å². The van der Waals surface area contributed by atoms with Gasteiger partial charge >= 0.3 is 0 Å². The summed E-state index contributed by atoms with van der Waals surface area (Å²) in [5.41, 5.74) is 4.29. The zero-order valence-electron chi connectivity index (χ0n) is 10.3. The molecule has 0 unspecified atom stereocenters. The van der Waals surface area contributed by atoms with Crippen LogP contribution >= 0.6 is 0 Å². The number of fused-ring (bicyclic) bond motifs is 2. The van der Waals surface area contributed by atoms with Crippen molar-refractivity contribution in [2.75, 3.05) is 7.11 Å².